The van der Waals surface area contributed by atoms with Crippen molar-refractivity contribution >= 4 is 6.09 Å². The largest absolute Gasteiger partial charge is 0.461 e. The molecule has 0 atom stereocenters. The fourth-order valence-corrected chi connectivity index (χ4v) is 0.189. The highest BCUT2D eigenvalue weighted by Crippen LogP contribution is 1.81. The van der Waals surface area contributed by atoms with Crippen molar-refractivity contribution in [1.82, 2.24) is 0 Å². The maximum Gasteiger partial charge on any atom is 0.396 e. The zero-order chi connectivity index (χ0) is 6.41. The van der Waals surface area contributed by atoms with Gasteiger partial charge >= 0.3 is 6.09 Å². The zero-order valence-electron chi connectivity index (χ0n) is 4.37. The van der Waals surface area contributed by atoms with Crippen LogP contribution < -0.4 is 0 Å². The summed E-state index contributed by atoms with van der Waals surface area (Å²) in [4.78, 5) is 12.2. The predicted molar refractivity (Wildman–Crippen MR) is 26.2 cm³/mol. The first-order chi connectivity index (χ1) is 3.81. The molecule has 5 nitrogen and oxygen atoms in total. The molecule has 0 aromatic carbocycles. The van der Waals surface area contributed by atoms with Gasteiger partial charge in [-0.05, 0) is 12.5 Å². The lowest BCUT2D eigenvalue weighted by atomic mass is 10.9. The van der Waals surface area contributed by atoms with Gasteiger partial charge in [0.1, 0.15) is 0 Å². The second-order valence-corrected chi connectivity index (χ2v) is 0.888. The van der Waals surface area contributed by atoms with Crippen LogP contribution in [-0.2, 0) is 4.74 Å². The standard InChI is InChI=1S/C3H5N3O2/c1-2-8-3(7)5-6-4/h2H2,1H3. The summed E-state index contributed by atoms with van der Waals surface area (Å²) in [6, 6.07) is 0. The molecule has 0 fully saturated rings. The fourth-order valence-electron chi connectivity index (χ4n) is 0.189. The van der Waals surface area contributed by atoms with E-state index in [1.54, 1.807) is 6.92 Å². The molecular formula is C3H5N3O2. The van der Waals surface area contributed by atoms with Crippen molar-refractivity contribution in [3.05, 3.63) is 10.4 Å². The smallest absolute Gasteiger partial charge is 0.396 e. The first kappa shape index (κ1) is 6.78. The summed E-state index contributed by atoms with van der Waals surface area (Å²) in [7, 11) is 0. The molecule has 0 N–H and O–H groups in total. The minimum atomic E-state index is -0.880. The Bertz CT molecular complexity index is 126. The molecule has 44 valence electrons. The highest BCUT2D eigenvalue weighted by Gasteiger charge is 1.90. The van der Waals surface area contributed by atoms with Gasteiger partial charge in [-0.15, -0.1) is 0 Å². The van der Waals surface area contributed by atoms with E-state index in [9.17, 15) is 4.79 Å². The van der Waals surface area contributed by atoms with Crippen molar-refractivity contribution in [3.63, 3.8) is 0 Å². The van der Waals surface area contributed by atoms with Crippen LogP contribution in [-0.4, -0.2) is 12.7 Å². The molecule has 0 spiro atoms. The minimum absolute atomic E-state index is 0.234. The van der Waals surface area contributed by atoms with E-state index in [4.69, 9.17) is 5.53 Å². The third-order valence-corrected chi connectivity index (χ3v) is 0.394. The van der Waals surface area contributed by atoms with E-state index < -0.39 is 6.09 Å². The van der Waals surface area contributed by atoms with Gasteiger partial charge in [-0.1, -0.05) is 0 Å². The summed E-state index contributed by atoms with van der Waals surface area (Å²) in [6.45, 7) is 1.86. The van der Waals surface area contributed by atoms with Gasteiger partial charge in [0, 0.05) is 10.0 Å². The topological polar surface area (TPSA) is 75.1 Å². The number of amides is 1. The van der Waals surface area contributed by atoms with E-state index in [-0.39, 0.29) is 6.61 Å². The average molecular weight is 115 g/mol. The molecule has 0 saturated heterocycles. The number of azide groups is 1. The summed E-state index contributed by atoms with van der Waals surface area (Å²) in [5.41, 5.74) is 7.62. The van der Waals surface area contributed by atoms with Crippen LogP contribution in [0.15, 0.2) is 5.11 Å². The van der Waals surface area contributed by atoms with Crippen molar-refractivity contribution in [2.45, 2.75) is 6.92 Å². The quantitative estimate of drug-likeness (QED) is 0.294. The van der Waals surface area contributed by atoms with Crippen LogP contribution in [0.5, 0.6) is 0 Å². The van der Waals surface area contributed by atoms with E-state index >= 15 is 0 Å². The van der Waals surface area contributed by atoms with Crippen molar-refractivity contribution in [3.8, 4) is 0 Å². The van der Waals surface area contributed by atoms with E-state index in [0.717, 1.165) is 0 Å². The Morgan fingerprint density at radius 2 is 2.62 bits per heavy atom. The van der Waals surface area contributed by atoms with Gasteiger partial charge in [-0.25, -0.2) is 4.79 Å². The van der Waals surface area contributed by atoms with Crippen molar-refractivity contribution in [1.29, 1.82) is 0 Å². The average Bonchev–Trinajstić information content (AvgIpc) is 1.68. The van der Waals surface area contributed by atoms with Crippen molar-refractivity contribution < 1.29 is 9.53 Å². The third kappa shape index (κ3) is 2.99. The van der Waals surface area contributed by atoms with Crippen LogP contribution in [0.25, 0.3) is 10.4 Å². The maximum atomic E-state index is 10.0. The lowest BCUT2D eigenvalue weighted by Gasteiger charge is -1.89. The second-order valence-electron chi connectivity index (χ2n) is 0.888. The van der Waals surface area contributed by atoms with Crippen LogP contribution in [0, 0.1) is 0 Å². The molecular weight excluding hydrogens is 110 g/mol. The SMILES string of the molecule is CCOC(=O)N=[N+]=[N-]. The van der Waals surface area contributed by atoms with E-state index in [1.165, 1.54) is 0 Å². The third-order valence-electron chi connectivity index (χ3n) is 0.394. The molecule has 8 heavy (non-hydrogen) atoms. The number of hydrogen-bond acceptors (Lipinski definition) is 2. The van der Waals surface area contributed by atoms with E-state index in [0.29, 0.717) is 0 Å². The monoisotopic (exact) mass is 115 g/mol. The van der Waals surface area contributed by atoms with Gasteiger partial charge in [0.2, 0.25) is 0 Å². The van der Waals surface area contributed by atoms with Crippen molar-refractivity contribution in [2.75, 3.05) is 6.61 Å². The molecule has 0 aromatic rings. The second kappa shape index (κ2) is 3.95. The van der Waals surface area contributed by atoms with Gasteiger partial charge in [-0.2, -0.15) is 0 Å². The molecule has 1 amide bonds. The number of rotatable bonds is 1. The van der Waals surface area contributed by atoms with Crippen LogP contribution >= 0.6 is 0 Å². The molecule has 0 aliphatic carbocycles. The summed E-state index contributed by atoms with van der Waals surface area (Å²) >= 11 is 0. The first-order valence-corrected chi connectivity index (χ1v) is 2.03. The molecule has 0 heterocycles. The van der Waals surface area contributed by atoms with E-state index in [1.807, 2.05) is 0 Å². The summed E-state index contributed by atoms with van der Waals surface area (Å²) in [5, 5.41) is 2.63. The fraction of sp³-hybridized carbons (Fsp3) is 0.667. The van der Waals surface area contributed by atoms with Gasteiger partial charge in [0.15, 0.2) is 0 Å². The molecule has 0 aliphatic rings. The zero-order valence-corrected chi connectivity index (χ0v) is 4.37. The van der Waals surface area contributed by atoms with Gasteiger partial charge in [0.05, 0.1) is 6.61 Å². The highest BCUT2D eigenvalue weighted by molar-refractivity contribution is 5.67. The Hall–Kier alpha value is -1.22. The summed E-state index contributed by atoms with van der Waals surface area (Å²) in [6.07, 6.45) is -0.880. The van der Waals surface area contributed by atoms with Gasteiger partial charge in [-0.3, -0.25) is 0 Å². The molecule has 0 saturated carbocycles. The lowest BCUT2D eigenvalue weighted by Crippen LogP contribution is -1.94. The minimum Gasteiger partial charge on any atom is -0.461 e. The Balaban J connectivity index is 3.49. The van der Waals surface area contributed by atoms with Crippen LogP contribution in [0.1, 0.15) is 6.92 Å². The molecule has 0 aliphatic heterocycles. The van der Waals surface area contributed by atoms with E-state index in [2.05, 4.69) is 14.8 Å². The normalized spacial score (nSPS) is 7.12. The van der Waals surface area contributed by atoms with Crippen LogP contribution in [0.2, 0.25) is 0 Å². The summed E-state index contributed by atoms with van der Waals surface area (Å²) in [5.74, 6) is 0. The first-order valence-electron chi connectivity index (χ1n) is 2.03. The van der Waals surface area contributed by atoms with Crippen molar-refractivity contribution in [2.24, 2.45) is 5.11 Å². The summed E-state index contributed by atoms with van der Waals surface area (Å²) < 4.78 is 4.22. The number of carbonyl (C=O) groups excluding carboxylic acids is 1. The highest BCUT2D eigenvalue weighted by atomic mass is 16.5. The van der Waals surface area contributed by atoms with Crippen LogP contribution in [0.3, 0.4) is 0 Å². The maximum absolute atomic E-state index is 10.0. The number of nitrogens with zero attached hydrogens (tertiary/aromatic N) is 3. The number of ether oxygens (including phenoxy) is 1. The van der Waals surface area contributed by atoms with Gasteiger partial charge in [0.25, 0.3) is 0 Å². The molecule has 0 rings (SSSR count). The Morgan fingerprint density at radius 3 is 3.00 bits per heavy atom. The predicted octanol–water partition coefficient (Wildman–Crippen LogP) is 1.45. The molecule has 0 aromatic heterocycles. The van der Waals surface area contributed by atoms with Crippen LogP contribution in [0.4, 0.5) is 4.79 Å². The molecule has 0 bridgehead atoms. The molecule has 0 unspecified atom stereocenters. The Morgan fingerprint density at radius 1 is 2.00 bits per heavy atom. The Labute approximate surface area is 45.9 Å². The molecule has 5 heteroatoms. The number of hydrogen-bond donors (Lipinski definition) is 0. The van der Waals surface area contributed by atoms with Gasteiger partial charge < -0.3 is 4.74 Å². The Kier molecular flexibility index (Phi) is 3.35. The number of carbonyl (C=O) groups is 1. The molecule has 0 radical (unpaired) electrons. The lowest BCUT2D eigenvalue weighted by molar-refractivity contribution is 0.163.